The third kappa shape index (κ3) is 9.46. The van der Waals surface area contributed by atoms with Crippen LogP contribution in [0.15, 0.2) is 50.5 Å². The number of terminal acetylenes is 1. The van der Waals surface area contributed by atoms with Crippen LogP contribution in [0.2, 0.25) is 39.3 Å². The molecular weight excluding hydrogens is 769 g/mol. The number of halogens is 1. The maximum Gasteiger partial charge on any atom is 0.261 e. The minimum Gasteiger partial charge on any atom is -0.347 e. The zero-order valence-electron chi connectivity index (χ0n) is 31.6. The predicted octanol–water partition coefficient (Wildman–Crippen LogP) is 6.44. The molecule has 6 heterocycles. The highest BCUT2D eigenvalue weighted by molar-refractivity contribution is 9.10. The average molecular weight is 818 g/mol. The van der Waals surface area contributed by atoms with E-state index in [0.29, 0.717) is 76.0 Å². The summed E-state index contributed by atoms with van der Waals surface area (Å²) in [7, 11) is -2.55. The molecule has 2 saturated heterocycles. The van der Waals surface area contributed by atoms with E-state index in [0.717, 1.165) is 45.6 Å². The summed E-state index contributed by atoms with van der Waals surface area (Å²) < 4.78 is 27.7. The summed E-state index contributed by atoms with van der Waals surface area (Å²) in [5.41, 5.74) is 8.55. The van der Waals surface area contributed by atoms with E-state index in [1.165, 1.54) is 0 Å². The number of benzene rings is 2. The fourth-order valence-electron chi connectivity index (χ4n) is 6.68. The Bertz CT molecular complexity index is 2230. The molecule has 0 bridgehead atoms. The lowest BCUT2D eigenvalue weighted by Gasteiger charge is -2.24. The van der Waals surface area contributed by atoms with Crippen molar-refractivity contribution in [1.82, 2.24) is 19.1 Å². The second-order valence-electron chi connectivity index (χ2n) is 16.0. The summed E-state index contributed by atoms with van der Waals surface area (Å²) in [6, 6.07) is 11.3. The molecule has 0 amide bonds. The summed E-state index contributed by atoms with van der Waals surface area (Å²) in [5.74, 6) is 3.82. The van der Waals surface area contributed by atoms with Gasteiger partial charge in [-0.25, -0.2) is 9.97 Å². The molecule has 0 aliphatic carbocycles. The highest BCUT2D eigenvalue weighted by Crippen LogP contribution is 2.33. The van der Waals surface area contributed by atoms with Gasteiger partial charge in [-0.15, -0.1) is 17.5 Å². The van der Waals surface area contributed by atoms with Crippen LogP contribution in [0.4, 0.5) is 0 Å². The fourth-order valence-corrected chi connectivity index (χ4v) is 7.55. The molecule has 2 spiro atoms. The van der Waals surface area contributed by atoms with Crippen molar-refractivity contribution < 1.29 is 18.9 Å². The van der Waals surface area contributed by atoms with Crippen LogP contribution in [0, 0.1) is 23.4 Å². The van der Waals surface area contributed by atoms with Gasteiger partial charge in [0.25, 0.3) is 11.1 Å². The van der Waals surface area contributed by atoms with E-state index in [1.54, 1.807) is 9.13 Å². The minimum absolute atomic E-state index is 0.0183. The van der Waals surface area contributed by atoms with E-state index >= 15 is 0 Å². The summed E-state index contributed by atoms with van der Waals surface area (Å²) in [5, 5.41) is 1.31. The Morgan fingerprint density at radius 1 is 0.698 bits per heavy atom. The van der Waals surface area contributed by atoms with E-state index in [-0.39, 0.29) is 11.1 Å². The number of nitrogens with zero attached hydrogens (tertiary/aromatic N) is 4. The van der Waals surface area contributed by atoms with Crippen molar-refractivity contribution in [3.05, 3.63) is 78.8 Å². The van der Waals surface area contributed by atoms with Crippen LogP contribution in [0.3, 0.4) is 0 Å². The molecule has 2 aromatic carbocycles. The van der Waals surface area contributed by atoms with Crippen LogP contribution in [-0.4, -0.2) is 73.3 Å². The normalized spacial score (nSPS) is 18.7. The first kappa shape index (κ1) is 39.3. The van der Waals surface area contributed by atoms with E-state index in [4.69, 9.17) is 30.4 Å². The molecule has 0 saturated carbocycles. The molecule has 4 aromatic rings. The Hall–Kier alpha value is -3.41. The number of fused-ring (bicyclic) bond motifs is 4. The van der Waals surface area contributed by atoms with E-state index in [2.05, 4.69) is 77.2 Å². The lowest BCUT2D eigenvalue weighted by molar-refractivity contribution is -0.166. The van der Waals surface area contributed by atoms with Crippen molar-refractivity contribution in [1.29, 1.82) is 0 Å². The summed E-state index contributed by atoms with van der Waals surface area (Å²) in [6.07, 6.45) is 9.36. The maximum atomic E-state index is 13.0. The smallest absolute Gasteiger partial charge is 0.261 e. The SMILES string of the molecule is C#C[Si](C)(C)C.C[Si](C)(C)C#Cc1ccc2c(=O)n3c(nc2c1)CCC1(CC3)OCCO1.O=c1c2ccc(Br)cc2nc2n1CCC1(CC2)OCCO1. The number of hydrogen-bond acceptors (Lipinski definition) is 8. The maximum absolute atomic E-state index is 13.0. The van der Waals surface area contributed by atoms with Crippen LogP contribution in [0.1, 0.15) is 42.9 Å². The molecule has 0 N–H and O–H groups in total. The van der Waals surface area contributed by atoms with Gasteiger partial charge in [0.05, 0.1) is 48.2 Å². The lowest BCUT2D eigenvalue weighted by Crippen LogP contribution is -2.31. The van der Waals surface area contributed by atoms with Gasteiger partial charge in [-0.2, -0.15) is 0 Å². The van der Waals surface area contributed by atoms with Crippen molar-refractivity contribution in [3.8, 4) is 23.4 Å². The van der Waals surface area contributed by atoms with Gasteiger partial charge in [0.2, 0.25) is 0 Å². The van der Waals surface area contributed by atoms with Gasteiger partial charge < -0.3 is 18.9 Å². The first-order chi connectivity index (χ1) is 25.1. The largest absolute Gasteiger partial charge is 0.347 e. The molecular formula is C40H49BrN4O6Si2. The fraction of sp³-hybridized carbons (Fsp3) is 0.500. The number of ether oxygens (including phenoxy) is 4. The number of rotatable bonds is 0. The first-order valence-electron chi connectivity index (χ1n) is 18.4. The summed E-state index contributed by atoms with van der Waals surface area (Å²) in [6.45, 7) is 16.8. The second kappa shape index (κ2) is 15.8. The molecule has 2 fully saturated rings. The zero-order valence-corrected chi connectivity index (χ0v) is 35.2. The Morgan fingerprint density at radius 3 is 1.60 bits per heavy atom. The third-order valence-electron chi connectivity index (χ3n) is 9.56. The van der Waals surface area contributed by atoms with Crippen LogP contribution in [0.5, 0.6) is 0 Å². The molecule has 0 unspecified atom stereocenters. The Balaban J connectivity index is 0.000000160. The van der Waals surface area contributed by atoms with Gasteiger partial charge in [-0.05, 0) is 36.4 Å². The summed E-state index contributed by atoms with van der Waals surface area (Å²) in [4.78, 5) is 35.1. The van der Waals surface area contributed by atoms with Gasteiger partial charge in [0, 0.05) is 61.7 Å². The Labute approximate surface area is 321 Å². The minimum atomic E-state index is -1.44. The highest BCUT2D eigenvalue weighted by Gasteiger charge is 2.39. The van der Waals surface area contributed by atoms with Crippen LogP contribution >= 0.6 is 15.9 Å². The van der Waals surface area contributed by atoms with Crippen LogP contribution in [0.25, 0.3) is 21.8 Å². The standard InChI is InChI=1S/C20H24N2O3Si.C15H15BrN2O3.C5H10Si/c1-26(2,3)13-7-15-4-5-16-17(14-15)21-18-6-8-20(24-11-12-25-20)9-10-22(18)19(16)23;16-10-1-2-11-12(9-10)17-13-3-4-15(20-7-8-21-15)5-6-18(13)14(11)19;1-5-6(2,3)4/h4-5,14H,6,8-12H2,1-3H3;1-2,9H,3-8H2;1H,2-4H3. The van der Waals surface area contributed by atoms with Gasteiger partial charge in [0.1, 0.15) is 27.8 Å². The quantitative estimate of drug-likeness (QED) is 0.148. The van der Waals surface area contributed by atoms with Crippen molar-refractivity contribution in [2.75, 3.05) is 26.4 Å². The van der Waals surface area contributed by atoms with Crippen molar-refractivity contribution in [2.45, 2.75) is 102 Å². The molecule has 53 heavy (non-hydrogen) atoms. The predicted molar refractivity (Wildman–Crippen MR) is 217 cm³/mol. The molecule has 0 radical (unpaired) electrons. The van der Waals surface area contributed by atoms with Crippen molar-refractivity contribution in [3.63, 3.8) is 0 Å². The van der Waals surface area contributed by atoms with E-state index in [1.807, 2.05) is 36.4 Å². The van der Waals surface area contributed by atoms with E-state index < -0.39 is 27.7 Å². The zero-order chi connectivity index (χ0) is 38.0. The number of aryl methyl sites for hydroxylation is 2. The topological polar surface area (TPSA) is 107 Å². The first-order valence-corrected chi connectivity index (χ1v) is 26.2. The second-order valence-corrected chi connectivity index (χ2v) is 26.4. The monoisotopic (exact) mass is 816 g/mol. The van der Waals surface area contributed by atoms with Gasteiger partial charge in [0.15, 0.2) is 11.6 Å². The van der Waals surface area contributed by atoms with Crippen LogP contribution in [-0.2, 0) is 44.9 Å². The van der Waals surface area contributed by atoms with Crippen molar-refractivity contribution >= 4 is 53.9 Å². The molecule has 8 rings (SSSR count). The third-order valence-corrected chi connectivity index (χ3v) is 11.8. The highest BCUT2D eigenvalue weighted by atomic mass is 79.9. The average Bonchev–Trinajstić information content (AvgIpc) is 3.69. The van der Waals surface area contributed by atoms with Crippen molar-refractivity contribution in [2.24, 2.45) is 0 Å². The molecule has 0 atom stereocenters. The summed E-state index contributed by atoms with van der Waals surface area (Å²) >= 11 is 3.43. The molecule has 4 aliphatic rings. The lowest BCUT2D eigenvalue weighted by atomic mass is 10.1. The molecule has 13 heteroatoms. The van der Waals surface area contributed by atoms with E-state index in [9.17, 15) is 9.59 Å². The van der Waals surface area contributed by atoms with Gasteiger partial charge in [-0.3, -0.25) is 18.7 Å². The Morgan fingerprint density at radius 2 is 1.15 bits per heavy atom. The van der Waals surface area contributed by atoms with Crippen LogP contribution < -0.4 is 11.1 Å². The van der Waals surface area contributed by atoms with Gasteiger partial charge >= 0.3 is 0 Å². The molecule has 2 aromatic heterocycles. The molecule has 10 nitrogen and oxygen atoms in total. The Kier molecular flexibility index (Phi) is 11.7. The number of hydrogen-bond donors (Lipinski definition) is 0. The van der Waals surface area contributed by atoms with Gasteiger partial charge in [-0.1, -0.05) is 61.1 Å². The number of aromatic nitrogens is 4. The molecule has 280 valence electrons. The molecule has 4 aliphatic heterocycles.